The first-order valence-corrected chi connectivity index (χ1v) is 5.95. The molecule has 2 aromatic rings. The van der Waals surface area contributed by atoms with E-state index in [0.717, 1.165) is 0 Å². The number of nitrogen functional groups attached to an aromatic ring is 1. The SMILES string of the molecule is Nc1c(Cl)cccc1C(=O)OCc1cccc(O)c1. The monoisotopic (exact) mass is 277 g/mol. The van der Waals surface area contributed by atoms with Crippen molar-refractivity contribution in [3.8, 4) is 5.75 Å². The molecule has 0 heterocycles. The van der Waals surface area contributed by atoms with E-state index >= 15 is 0 Å². The Balaban J connectivity index is 2.08. The van der Waals surface area contributed by atoms with Gasteiger partial charge in [-0.2, -0.15) is 0 Å². The lowest BCUT2D eigenvalue weighted by molar-refractivity contribution is 0.0473. The van der Waals surface area contributed by atoms with E-state index in [1.54, 1.807) is 36.4 Å². The zero-order chi connectivity index (χ0) is 13.8. The smallest absolute Gasteiger partial charge is 0.340 e. The molecule has 0 aliphatic rings. The molecule has 0 unspecified atom stereocenters. The summed E-state index contributed by atoms with van der Waals surface area (Å²) in [5.74, 6) is -0.431. The van der Waals surface area contributed by atoms with E-state index in [-0.39, 0.29) is 23.6 Å². The number of hydrogen-bond donors (Lipinski definition) is 2. The van der Waals surface area contributed by atoms with Gasteiger partial charge in [0.15, 0.2) is 0 Å². The summed E-state index contributed by atoms with van der Waals surface area (Å²) in [6, 6.07) is 11.3. The average molecular weight is 278 g/mol. The van der Waals surface area contributed by atoms with Crippen LogP contribution < -0.4 is 5.73 Å². The van der Waals surface area contributed by atoms with Gasteiger partial charge in [-0.25, -0.2) is 4.79 Å². The van der Waals surface area contributed by atoms with Gasteiger partial charge in [0.05, 0.1) is 16.3 Å². The van der Waals surface area contributed by atoms with Gasteiger partial charge in [-0.05, 0) is 29.8 Å². The van der Waals surface area contributed by atoms with Crippen LogP contribution in [0.2, 0.25) is 5.02 Å². The molecule has 0 aliphatic heterocycles. The molecule has 0 atom stereocenters. The Labute approximate surface area is 115 Å². The quantitative estimate of drug-likeness (QED) is 0.668. The highest BCUT2D eigenvalue weighted by Crippen LogP contribution is 2.23. The van der Waals surface area contributed by atoms with E-state index < -0.39 is 5.97 Å². The van der Waals surface area contributed by atoms with Gasteiger partial charge in [0.2, 0.25) is 0 Å². The topological polar surface area (TPSA) is 72.6 Å². The summed E-state index contributed by atoms with van der Waals surface area (Å²) in [6.07, 6.45) is 0. The predicted molar refractivity (Wildman–Crippen MR) is 73.1 cm³/mol. The summed E-state index contributed by atoms with van der Waals surface area (Å²) in [4.78, 5) is 11.9. The van der Waals surface area contributed by atoms with Crippen LogP contribution in [0.1, 0.15) is 15.9 Å². The molecule has 98 valence electrons. The van der Waals surface area contributed by atoms with Crippen LogP contribution in [0.4, 0.5) is 5.69 Å². The van der Waals surface area contributed by atoms with E-state index in [1.807, 2.05) is 0 Å². The van der Waals surface area contributed by atoms with Gasteiger partial charge < -0.3 is 15.6 Å². The van der Waals surface area contributed by atoms with Crippen molar-refractivity contribution in [1.29, 1.82) is 0 Å². The second-order valence-corrected chi connectivity index (χ2v) is 4.35. The van der Waals surface area contributed by atoms with Crippen LogP contribution in [0.15, 0.2) is 42.5 Å². The number of carbonyl (C=O) groups is 1. The number of benzene rings is 2. The van der Waals surface area contributed by atoms with Crippen molar-refractivity contribution in [3.63, 3.8) is 0 Å². The summed E-state index contributed by atoms with van der Waals surface area (Å²) in [7, 11) is 0. The van der Waals surface area contributed by atoms with Crippen LogP contribution in [0.3, 0.4) is 0 Å². The molecule has 0 radical (unpaired) electrons. The number of carbonyl (C=O) groups excluding carboxylic acids is 1. The maximum absolute atomic E-state index is 11.9. The molecule has 0 saturated carbocycles. The number of ether oxygens (including phenoxy) is 1. The minimum Gasteiger partial charge on any atom is -0.508 e. The van der Waals surface area contributed by atoms with Gasteiger partial charge in [0, 0.05) is 0 Å². The van der Waals surface area contributed by atoms with E-state index in [0.29, 0.717) is 10.6 Å². The molecule has 4 nitrogen and oxygen atoms in total. The van der Waals surface area contributed by atoms with Crippen molar-refractivity contribution in [2.45, 2.75) is 6.61 Å². The number of hydrogen-bond acceptors (Lipinski definition) is 4. The first-order chi connectivity index (χ1) is 9.08. The molecule has 5 heteroatoms. The predicted octanol–water partition coefficient (Wildman–Crippen LogP) is 2.98. The average Bonchev–Trinajstić information content (AvgIpc) is 2.39. The summed E-state index contributed by atoms with van der Waals surface area (Å²) in [5.41, 5.74) is 6.82. The number of para-hydroxylation sites is 1. The van der Waals surface area contributed by atoms with Gasteiger partial charge >= 0.3 is 5.97 Å². The van der Waals surface area contributed by atoms with Gasteiger partial charge in [0.25, 0.3) is 0 Å². The first-order valence-electron chi connectivity index (χ1n) is 5.57. The fourth-order valence-electron chi connectivity index (χ4n) is 1.59. The first kappa shape index (κ1) is 13.2. The molecule has 0 amide bonds. The maximum Gasteiger partial charge on any atom is 0.340 e. The lowest BCUT2D eigenvalue weighted by Crippen LogP contribution is -2.08. The minimum atomic E-state index is -0.552. The van der Waals surface area contributed by atoms with Crippen LogP contribution >= 0.6 is 11.6 Å². The normalized spacial score (nSPS) is 10.2. The third kappa shape index (κ3) is 3.17. The zero-order valence-corrected chi connectivity index (χ0v) is 10.7. The fraction of sp³-hybridized carbons (Fsp3) is 0.0714. The van der Waals surface area contributed by atoms with Gasteiger partial charge in [0.1, 0.15) is 12.4 Å². The second-order valence-electron chi connectivity index (χ2n) is 3.95. The number of anilines is 1. The Morgan fingerprint density at radius 2 is 2.00 bits per heavy atom. The highest BCUT2D eigenvalue weighted by molar-refractivity contribution is 6.33. The summed E-state index contributed by atoms with van der Waals surface area (Å²) >= 11 is 5.83. The molecule has 0 bridgehead atoms. The number of halogens is 1. The third-order valence-corrected chi connectivity index (χ3v) is 2.88. The lowest BCUT2D eigenvalue weighted by atomic mass is 10.2. The Morgan fingerprint density at radius 1 is 1.26 bits per heavy atom. The summed E-state index contributed by atoms with van der Waals surface area (Å²) in [6.45, 7) is 0.0547. The lowest BCUT2D eigenvalue weighted by Gasteiger charge is -2.08. The molecule has 2 rings (SSSR count). The highest BCUT2D eigenvalue weighted by Gasteiger charge is 2.13. The van der Waals surface area contributed by atoms with E-state index in [9.17, 15) is 9.90 Å². The Bertz CT molecular complexity index is 613. The fourth-order valence-corrected chi connectivity index (χ4v) is 1.76. The number of phenolic OH excluding ortho intramolecular Hbond substituents is 1. The molecule has 19 heavy (non-hydrogen) atoms. The second kappa shape index (κ2) is 5.63. The van der Waals surface area contributed by atoms with Crippen LogP contribution in [0.25, 0.3) is 0 Å². The molecule has 0 aliphatic carbocycles. The maximum atomic E-state index is 11.9. The standard InChI is InChI=1S/C14H12ClNO3/c15-12-6-2-5-11(13(12)16)14(18)19-8-9-3-1-4-10(17)7-9/h1-7,17H,8,16H2. The van der Waals surface area contributed by atoms with E-state index in [1.165, 1.54) is 6.07 Å². The van der Waals surface area contributed by atoms with Crippen molar-refractivity contribution in [1.82, 2.24) is 0 Å². The van der Waals surface area contributed by atoms with Crippen LogP contribution in [0, 0.1) is 0 Å². The van der Waals surface area contributed by atoms with Crippen LogP contribution in [-0.4, -0.2) is 11.1 Å². The molecule has 0 saturated heterocycles. The Kier molecular flexibility index (Phi) is 3.92. The molecule has 3 N–H and O–H groups in total. The molecule has 0 aromatic heterocycles. The van der Waals surface area contributed by atoms with Crippen molar-refractivity contribution in [3.05, 3.63) is 58.6 Å². The number of phenols is 1. The number of nitrogens with two attached hydrogens (primary N) is 1. The van der Waals surface area contributed by atoms with Crippen molar-refractivity contribution >= 4 is 23.3 Å². The Hall–Kier alpha value is -2.20. The molecule has 0 spiro atoms. The van der Waals surface area contributed by atoms with Crippen LogP contribution in [0.5, 0.6) is 5.75 Å². The molecular weight excluding hydrogens is 266 g/mol. The van der Waals surface area contributed by atoms with Crippen molar-refractivity contribution < 1.29 is 14.6 Å². The summed E-state index contributed by atoms with van der Waals surface area (Å²) < 4.78 is 5.12. The van der Waals surface area contributed by atoms with Crippen molar-refractivity contribution in [2.75, 3.05) is 5.73 Å². The summed E-state index contributed by atoms with van der Waals surface area (Å²) in [5, 5.41) is 9.61. The largest absolute Gasteiger partial charge is 0.508 e. The van der Waals surface area contributed by atoms with Crippen molar-refractivity contribution in [2.24, 2.45) is 0 Å². The van der Waals surface area contributed by atoms with Gasteiger partial charge in [-0.15, -0.1) is 0 Å². The third-order valence-electron chi connectivity index (χ3n) is 2.55. The molecular formula is C14H12ClNO3. The highest BCUT2D eigenvalue weighted by atomic mass is 35.5. The number of rotatable bonds is 3. The van der Waals surface area contributed by atoms with E-state index in [2.05, 4.69) is 0 Å². The minimum absolute atomic E-state index is 0.0547. The number of esters is 1. The molecule has 2 aromatic carbocycles. The zero-order valence-electron chi connectivity index (χ0n) is 9.97. The van der Waals surface area contributed by atoms with Crippen LogP contribution in [-0.2, 0) is 11.3 Å². The number of aromatic hydroxyl groups is 1. The van der Waals surface area contributed by atoms with Gasteiger partial charge in [-0.3, -0.25) is 0 Å². The van der Waals surface area contributed by atoms with Gasteiger partial charge in [-0.1, -0.05) is 29.8 Å². The Morgan fingerprint density at radius 3 is 2.74 bits per heavy atom. The van der Waals surface area contributed by atoms with E-state index in [4.69, 9.17) is 22.1 Å². The molecule has 0 fully saturated rings.